The SMILES string of the molecule is CCCCNC(=O)[C@@H](CC)N(Cc1ccccc1C)C(=O)CN(c1ccccc1)S(C)(=O)=O. The molecule has 1 atom stereocenters. The summed E-state index contributed by atoms with van der Waals surface area (Å²) < 4.78 is 26.1. The molecule has 0 aromatic heterocycles. The van der Waals surface area contributed by atoms with Gasteiger partial charge >= 0.3 is 0 Å². The molecule has 8 heteroatoms. The van der Waals surface area contributed by atoms with Gasteiger partial charge in [0.1, 0.15) is 12.6 Å². The van der Waals surface area contributed by atoms with Crippen molar-refractivity contribution in [1.82, 2.24) is 10.2 Å². The number of rotatable bonds is 12. The highest BCUT2D eigenvalue weighted by molar-refractivity contribution is 7.92. The van der Waals surface area contributed by atoms with Gasteiger partial charge in [-0.05, 0) is 43.0 Å². The number of hydrogen-bond donors (Lipinski definition) is 1. The van der Waals surface area contributed by atoms with Crippen LogP contribution < -0.4 is 9.62 Å². The van der Waals surface area contributed by atoms with Gasteiger partial charge in [-0.3, -0.25) is 13.9 Å². The van der Waals surface area contributed by atoms with Crippen molar-refractivity contribution in [2.45, 2.75) is 52.6 Å². The second-order valence-corrected chi connectivity index (χ2v) is 10.0. The number of hydrogen-bond acceptors (Lipinski definition) is 4. The Labute approximate surface area is 197 Å². The highest BCUT2D eigenvalue weighted by Gasteiger charge is 2.31. The first kappa shape index (κ1) is 26.4. The van der Waals surface area contributed by atoms with Crippen LogP contribution in [-0.2, 0) is 26.2 Å². The smallest absolute Gasteiger partial charge is 0.244 e. The normalized spacial score (nSPS) is 12.1. The van der Waals surface area contributed by atoms with E-state index in [1.54, 1.807) is 30.3 Å². The number of anilines is 1. The average molecular weight is 474 g/mol. The van der Waals surface area contributed by atoms with Crippen LogP contribution in [0.1, 0.15) is 44.2 Å². The van der Waals surface area contributed by atoms with Gasteiger partial charge in [0.2, 0.25) is 21.8 Å². The minimum Gasteiger partial charge on any atom is -0.354 e. The molecule has 0 heterocycles. The molecular formula is C25H35N3O4S. The number of unbranched alkanes of at least 4 members (excludes halogenated alkanes) is 1. The lowest BCUT2D eigenvalue weighted by Crippen LogP contribution is -2.52. The van der Waals surface area contributed by atoms with Crippen LogP contribution >= 0.6 is 0 Å². The molecule has 2 aromatic carbocycles. The molecule has 1 N–H and O–H groups in total. The van der Waals surface area contributed by atoms with E-state index < -0.39 is 22.0 Å². The summed E-state index contributed by atoms with van der Waals surface area (Å²) in [7, 11) is -3.71. The fraction of sp³-hybridized carbons (Fsp3) is 0.440. The number of amides is 2. The van der Waals surface area contributed by atoms with Crippen LogP contribution in [0, 0.1) is 6.92 Å². The predicted molar refractivity (Wildman–Crippen MR) is 132 cm³/mol. The van der Waals surface area contributed by atoms with Crippen LogP contribution in [0.15, 0.2) is 54.6 Å². The standard InChI is InChI=1S/C25H35N3O4S/c1-5-7-17-26-25(30)23(6-2)27(18-21-14-12-11-13-20(21)3)24(29)19-28(33(4,31)32)22-15-9-8-10-16-22/h8-16,23H,5-7,17-19H2,1-4H3,(H,26,30)/t23-/m1/s1. The minimum atomic E-state index is -3.71. The lowest BCUT2D eigenvalue weighted by Gasteiger charge is -2.33. The Hall–Kier alpha value is -2.87. The molecule has 0 radical (unpaired) electrons. The van der Waals surface area contributed by atoms with Gasteiger partial charge in [-0.1, -0.05) is 62.7 Å². The van der Waals surface area contributed by atoms with E-state index >= 15 is 0 Å². The monoisotopic (exact) mass is 473 g/mol. The van der Waals surface area contributed by atoms with Crippen LogP contribution in [0.4, 0.5) is 5.69 Å². The van der Waals surface area contributed by atoms with Crippen molar-refractivity contribution >= 4 is 27.5 Å². The lowest BCUT2D eigenvalue weighted by atomic mass is 10.1. The zero-order valence-corrected chi connectivity index (χ0v) is 20.8. The Balaban J connectivity index is 2.38. The van der Waals surface area contributed by atoms with E-state index in [-0.39, 0.29) is 19.0 Å². The van der Waals surface area contributed by atoms with Crippen molar-refractivity contribution in [3.8, 4) is 0 Å². The van der Waals surface area contributed by atoms with Gasteiger partial charge in [-0.25, -0.2) is 8.42 Å². The van der Waals surface area contributed by atoms with Crippen LogP contribution in [0.3, 0.4) is 0 Å². The number of aryl methyl sites for hydroxylation is 1. The van der Waals surface area contributed by atoms with Gasteiger partial charge in [-0.15, -0.1) is 0 Å². The highest BCUT2D eigenvalue weighted by atomic mass is 32.2. The molecule has 0 bridgehead atoms. The van der Waals surface area contributed by atoms with Crippen LogP contribution in [0.5, 0.6) is 0 Å². The zero-order chi connectivity index (χ0) is 24.4. The molecule has 7 nitrogen and oxygen atoms in total. The molecular weight excluding hydrogens is 438 g/mol. The summed E-state index contributed by atoms with van der Waals surface area (Å²) in [5, 5.41) is 2.92. The van der Waals surface area contributed by atoms with Crippen LogP contribution in [-0.4, -0.2) is 50.5 Å². The van der Waals surface area contributed by atoms with Crippen molar-refractivity contribution in [1.29, 1.82) is 0 Å². The van der Waals surface area contributed by atoms with Crippen molar-refractivity contribution in [2.24, 2.45) is 0 Å². The van der Waals surface area contributed by atoms with E-state index in [1.165, 1.54) is 4.90 Å². The van der Waals surface area contributed by atoms with Gasteiger partial charge in [0, 0.05) is 13.1 Å². The van der Waals surface area contributed by atoms with Gasteiger partial charge in [-0.2, -0.15) is 0 Å². The van der Waals surface area contributed by atoms with E-state index in [9.17, 15) is 18.0 Å². The number of nitrogens with zero attached hydrogens (tertiary/aromatic N) is 2. The largest absolute Gasteiger partial charge is 0.354 e. The van der Waals surface area contributed by atoms with Gasteiger partial charge in [0.25, 0.3) is 0 Å². The van der Waals surface area contributed by atoms with Crippen molar-refractivity contribution in [3.05, 3.63) is 65.7 Å². The highest BCUT2D eigenvalue weighted by Crippen LogP contribution is 2.20. The van der Waals surface area contributed by atoms with E-state index in [4.69, 9.17) is 0 Å². The van der Waals surface area contributed by atoms with E-state index in [1.807, 2.05) is 45.0 Å². The summed E-state index contributed by atoms with van der Waals surface area (Å²) in [6.45, 7) is 6.23. The molecule has 0 unspecified atom stereocenters. The summed E-state index contributed by atoms with van der Waals surface area (Å²) in [6, 6.07) is 15.5. The maximum Gasteiger partial charge on any atom is 0.244 e. The molecule has 2 rings (SSSR count). The molecule has 0 aliphatic rings. The van der Waals surface area contributed by atoms with Crippen molar-refractivity contribution in [3.63, 3.8) is 0 Å². The molecule has 0 spiro atoms. The van der Waals surface area contributed by atoms with Crippen molar-refractivity contribution in [2.75, 3.05) is 23.7 Å². The topological polar surface area (TPSA) is 86.8 Å². The number of carbonyl (C=O) groups excluding carboxylic acids is 2. The Morgan fingerprint density at radius 1 is 1.00 bits per heavy atom. The summed E-state index contributed by atoms with van der Waals surface area (Å²) in [5.74, 6) is -0.650. The fourth-order valence-corrected chi connectivity index (χ4v) is 4.45. The minimum absolute atomic E-state index is 0.220. The number of nitrogens with one attached hydrogen (secondary N) is 1. The third kappa shape index (κ3) is 7.60. The van der Waals surface area contributed by atoms with Crippen LogP contribution in [0.25, 0.3) is 0 Å². The molecule has 0 aliphatic heterocycles. The average Bonchev–Trinajstić information content (AvgIpc) is 2.78. The Morgan fingerprint density at radius 2 is 1.64 bits per heavy atom. The van der Waals surface area contributed by atoms with Crippen molar-refractivity contribution < 1.29 is 18.0 Å². The van der Waals surface area contributed by atoms with Gasteiger partial charge in [0.15, 0.2) is 0 Å². The number of benzene rings is 2. The first-order valence-corrected chi connectivity index (χ1v) is 13.2. The molecule has 0 saturated heterocycles. The molecule has 33 heavy (non-hydrogen) atoms. The lowest BCUT2D eigenvalue weighted by molar-refractivity contribution is -0.140. The van der Waals surface area contributed by atoms with E-state index in [2.05, 4.69) is 5.32 Å². The van der Waals surface area contributed by atoms with E-state index in [0.717, 1.165) is 34.5 Å². The molecule has 2 aromatic rings. The quantitative estimate of drug-likeness (QED) is 0.478. The third-order valence-corrected chi connectivity index (χ3v) is 6.68. The maximum atomic E-state index is 13.6. The number of sulfonamides is 1. The van der Waals surface area contributed by atoms with E-state index in [0.29, 0.717) is 18.7 Å². The number of carbonyl (C=O) groups is 2. The zero-order valence-electron chi connectivity index (χ0n) is 20.0. The number of para-hydroxylation sites is 1. The first-order chi connectivity index (χ1) is 15.7. The second kappa shape index (κ2) is 12.4. The molecule has 0 aliphatic carbocycles. The summed E-state index contributed by atoms with van der Waals surface area (Å²) in [6.07, 6.45) is 3.29. The van der Waals surface area contributed by atoms with Crippen LogP contribution in [0.2, 0.25) is 0 Å². The van der Waals surface area contributed by atoms with Gasteiger partial charge in [0.05, 0.1) is 11.9 Å². The Morgan fingerprint density at radius 3 is 2.21 bits per heavy atom. The second-order valence-electron chi connectivity index (χ2n) is 8.12. The molecule has 0 saturated carbocycles. The summed E-state index contributed by atoms with van der Waals surface area (Å²) >= 11 is 0. The molecule has 0 fully saturated rings. The molecule has 180 valence electrons. The predicted octanol–water partition coefficient (Wildman–Crippen LogP) is 3.48. The maximum absolute atomic E-state index is 13.6. The van der Waals surface area contributed by atoms with Gasteiger partial charge < -0.3 is 10.2 Å². The Bertz CT molecular complexity index is 1020. The summed E-state index contributed by atoms with van der Waals surface area (Å²) in [4.78, 5) is 28.1. The molecule has 2 amide bonds. The Kier molecular flexibility index (Phi) is 9.91. The third-order valence-electron chi connectivity index (χ3n) is 5.54. The fourth-order valence-electron chi connectivity index (χ4n) is 3.60. The summed E-state index contributed by atoms with van der Waals surface area (Å²) in [5.41, 5.74) is 2.32. The first-order valence-electron chi connectivity index (χ1n) is 11.3.